The second kappa shape index (κ2) is 7.46. The summed E-state index contributed by atoms with van der Waals surface area (Å²) in [4.78, 5) is 19.0. The molecule has 1 aromatic carbocycles. The molecule has 1 aromatic heterocycles. The molecule has 1 amide bonds. The van der Waals surface area contributed by atoms with Gasteiger partial charge in [-0.05, 0) is 36.8 Å². The SMILES string of the molecule is Cc1ccc(NC(=O)c2cc(N3CCC4(CC3)OCCO4)ccn2)cc1Cl. The van der Waals surface area contributed by atoms with Crippen molar-refractivity contribution >= 4 is 28.9 Å². The summed E-state index contributed by atoms with van der Waals surface area (Å²) in [5, 5.41) is 3.47. The Hall–Kier alpha value is -2.15. The lowest BCUT2D eigenvalue weighted by molar-refractivity contribution is -0.169. The fourth-order valence-electron chi connectivity index (χ4n) is 3.50. The molecule has 1 spiro atoms. The molecule has 0 bridgehead atoms. The highest BCUT2D eigenvalue weighted by molar-refractivity contribution is 6.31. The van der Waals surface area contributed by atoms with Crippen LogP contribution in [-0.2, 0) is 9.47 Å². The smallest absolute Gasteiger partial charge is 0.274 e. The van der Waals surface area contributed by atoms with Crippen molar-refractivity contribution in [1.29, 1.82) is 0 Å². The van der Waals surface area contributed by atoms with Gasteiger partial charge in [0.05, 0.1) is 13.2 Å². The van der Waals surface area contributed by atoms with Gasteiger partial charge in [0.1, 0.15) is 5.69 Å². The third-order valence-electron chi connectivity index (χ3n) is 5.11. The fraction of sp³-hybridized carbons (Fsp3) is 0.400. The Bertz CT molecular complexity index is 842. The monoisotopic (exact) mass is 387 g/mol. The molecule has 2 fully saturated rings. The number of rotatable bonds is 3. The van der Waals surface area contributed by atoms with Crippen molar-refractivity contribution in [3.63, 3.8) is 0 Å². The molecule has 1 N–H and O–H groups in total. The van der Waals surface area contributed by atoms with Crippen molar-refractivity contribution < 1.29 is 14.3 Å². The molecule has 0 radical (unpaired) electrons. The molecule has 2 aromatic rings. The molecular formula is C20H22ClN3O3. The molecule has 2 aliphatic heterocycles. The molecule has 0 atom stereocenters. The minimum atomic E-state index is -0.408. The number of carbonyl (C=O) groups is 1. The van der Waals surface area contributed by atoms with E-state index in [0.717, 1.165) is 37.2 Å². The highest BCUT2D eigenvalue weighted by atomic mass is 35.5. The summed E-state index contributed by atoms with van der Waals surface area (Å²) < 4.78 is 11.6. The maximum atomic E-state index is 12.6. The number of amides is 1. The largest absolute Gasteiger partial charge is 0.371 e. The van der Waals surface area contributed by atoms with Crippen LogP contribution in [0.4, 0.5) is 11.4 Å². The van der Waals surface area contributed by atoms with E-state index >= 15 is 0 Å². The second-order valence-electron chi connectivity index (χ2n) is 6.91. The van der Waals surface area contributed by atoms with Crippen molar-refractivity contribution in [3.8, 4) is 0 Å². The Morgan fingerprint density at radius 3 is 2.63 bits per heavy atom. The molecule has 27 heavy (non-hydrogen) atoms. The molecule has 2 saturated heterocycles. The number of aromatic nitrogens is 1. The number of benzene rings is 1. The highest BCUT2D eigenvalue weighted by Crippen LogP contribution is 2.33. The summed E-state index contributed by atoms with van der Waals surface area (Å²) >= 11 is 6.13. The molecule has 3 heterocycles. The Balaban J connectivity index is 1.44. The van der Waals surface area contributed by atoms with Gasteiger partial charge in [0.15, 0.2) is 5.79 Å². The van der Waals surface area contributed by atoms with Crippen LogP contribution in [-0.4, -0.2) is 43.0 Å². The predicted octanol–water partition coefficient (Wildman–Crippen LogP) is 3.64. The zero-order chi connectivity index (χ0) is 18.9. The first-order valence-electron chi connectivity index (χ1n) is 9.11. The van der Waals surface area contributed by atoms with Gasteiger partial charge in [0.2, 0.25) is 0 Å². The molecule has 7 heteroatoms. The average molecular weight is 388 g/mol. The number of piperidine rings is 1. The van der Waals surface area contributed by atoms with Gasteiger partial charge in [0, 0.05) is 48.5 Å². The van der Waals surface area contributed by atoms with E-state index in [1.165, 1.54) is 0 Å². The predicted molar refractivity (Wildman–Crippen MR) is 104 cm³/mol. The van der Waals surface area contributed by atoms with Gasteiger partial charge < -0.3 is 19.7 Å². The van der Waals surface area contributed by atoms with E-state index in [9.17, 15) is 4.79 Å². The first kappa shape index (κ1) is 18.2. The molecule has 6 nitrogen and oxygen atoms in total. The zero-order valence-electron chi connectivity index (χ0n) is 15.2. The van der Waals surface area contributed by atoms with Gasteiger partial charge in [-0.1, -0.05) is 17.7 Å². The lowest BCUT2D eigenvalue weighted by atomic mass is 10.0. The van der Waals surface area contributed by atoms with Gasteiger partial charge in [-0.3, -0.25) is 9.78 Å². The maximum Gasteiger partial charge on any atom is 0.274 e. The van der Waals surface area contributed by atoms with Crippen LogP contribution in [0.15, 0.2) is 36.5 Å². The minimum absolute atomic E-state index is 0.257. The average Bonchev–Trinajstić information content (AvgIpc) is 3.13. The second-order valence-corrected chi connectivity index (χ2v) is 7.32. The Kier molecular flexibility index (Phi) is 5.04. The summed E-state index contributed by atoms with van der Waals surface area (Å²) in [7, 11) is 0. The molecule has 142 valence electrons. The molecule has 0 saturated carbocycles. The van der Waals surface area contributed by atoms with Crippen molar-refractivity contribution in [1.82, 2.24) is 4.98 Å². The zero-order valence-corrected chi connectivity index (χ0v) is 16.0. The van der Waals surface area contributed by atoms with E-state index in [4.69, 9.17) is 21.1 Å². The first-order chi connectivity index (χ1) is 13.0. The van der Waals surface area contributed by atoms with Crippen LogP contribution in [0.3, 0.4) is 0 Å². The minimum Gasteiger partial charge on any atom is -0.371 e. The van der Waals surface area contributed by atoms with Crippen LogP contribution in [0, 0.1) is 6.92 Å². The number of aryl methyl sites for hydroxylation is 1. The maximum absolute atomic E-state index is 12.6. The Labute approximate surface area is 163 Å². The fourth-order valence-corrected chi connectivity index (χ4v) is 3.68. The molecule has 4 rings (SSSR count). The quantitative estimate of drug-likeness (QED) is 0.871. The molecule has 2 aliphatic rings. The van der Waals surface area contributed by atoms with E-state index in [2.05, 4.69) is 15.2 Å². The number of ether oxygens (including phenoxy) is 2. The van der Waals surface area contributed by atoms with E-state index in [1.54, 1.807) is 12.3 Å². The van der Waals surface area contributed by atoms with Crippen molar-refractivity contribution in [2.75, 3.05) is 36.5 Å². The van der Waals surface area contributed by atoms with Crippen LogP contribution in [0.25, 0.3) is 0 Å². The number of anilines is 2. The molecule has 0 unspecified atom stereocenters. The summed E-state index contributed by atoms with van der Waals surface area (Å²) in [6, 6.07) is 9.19. The molecular weight excluding hydrogens is 366 g/mol. The van der Waals surface area contributed by atoms with Crippen LogP contribution in [0.2, 0.25) is 5.02 Å². The lowest BCUT2D eigenvalue weighted by Crippen LogP contribution is -2.45. The summed E-state index contributed by atoms with van der Waals surface area (Å²) in [6.45, 7) is 4.89. The number of halogens is 1. The number of nitrogens with zero attached hydrogens (tertiary/aromatic N) is 2. The molecule has 0 aliphatic carbocycles. The van der Waals surface area contributed by atoms with E-state index in [0.29, 0.717) is 29.6 Å². The van der Waals surface area contributed by atoms with Crippen LogP contribution in [0.1, 0.15) is 28.9 Å². The summed E-state index contributed by atoms with van der Waals surface area (Å²) in [5.41, 5.74) is 2.97. The van der Waals surface area contributed by atoms with Crippen molar-refractivity contribution in [3.05, 3.63) is 52.8 Å². The first-order valence-corrected chi connectivity index (χ1v) is 9.49. The number of hydrogen-bond acceptors (Lipinski definition) is 5. The summed E-state index contributed by atoms with van der Waals surface area (Å²) in [6.07, 6.45) is 3.30. The normalized spacial score (nSPS) is 18.7. The third-order valence-corrected chi connectivity index (χ3v) is 5.52. The highest BCUT2D eigenvalue weighted by Gasteiger charge is 2.39. The lowest BCUT2D eigenvalue weighted by Gasteiger charge is -2.38. The van der Waals surface area contributed by atoms with E-state index in [-0.39, 0.29) is 5.91 Å². The van der Waals surface area contributed by atoms with Gasteiger partial charge in [0.25, 0.3) is 5.91 Å². The van der Waals surface area contributed by atoms with Gasteiger partial charge in [-0.2, -0.15) is 0 Å². The van der Waals surface area contributed by atoms with Gasteiger partial charge >= 0.3 is 0 Å². The van der Waals surface area contributed by atoms with Crippen LogP contribution in [0.5, 0.6) is 0 Å². The topological polar surface area (TPSA) is 63.7 Å². The van der Waals surface area contributed by atoms with E-state index in [1.807, 2.05) is 31.2 Å². The van der Waals surface area contributed by atoms with Gasteiger partial charge in [-0.25, -0.2) is 0 Å². The number of hydrogen-bond donors (Lipinski definition) is 1. The third kappa shape index (κ3) is 3.93. The van der Waals surface area contributed by atoms with Crippen LogP contribution >= 0.6 is 11.6 Å². The van der Waals surface area contributed by atoms with Gasteiger partial charge in [-0.15, -0.1) is 0 Å². The Morgan fingerprint density at radius 1 is 1.19 bits per heavy atom. The standard InChI is InChI=1S/C20H22ClN3O3/c1-14-2-3-15(12-17(14)21)23-19(25)18-13-16(4-7-22-18)24-8-5-20(6-9-24)26-10-11-27-20/h2-4,7,12-13H,5-6,8-11H2,1H3,(H,23,25). The van der Waals surface area contributed by atoms with E-state index < -0.39 is 5.79 Å². The summed E-state index contributed by atoms with van der Waals surface area (Å²) in [5.74, 6) is -0.665. The van der Waals surface area contributed by atoms with Crippen molar-refractivity contribution in [2.24, 2.45) is 0 Å². The number of nitrogens with one attached hydrogen (secondary N) is 1. The number of pyridine rings is 1. The van der Waals surface area contributed by atoms with Crippen LogP contribution < -0.4 is 10.2 Å². The number of carbonyl (C=O) groups excluding carboxylic acids is 1. The van der Waals surface area contributed by atoms with Crippen molar-refractivity contribution in [2.45, 2.75) is 25.6 Å². The Morgan fingerprint density at radius 2 is 1.93 bits per heavy atom.